The van der Waals surface area contributed by atoms with E-state index in [1.165, 1.54) is 6.07 Å². The normalized spacial score (nSPS) is 11.1. The summed E-state index contributed by atoms with van der Waals surface area (Å²) in [5, 5.41) is 0.171. The molecule has 4 N–H and O–H groups in total. The molecule has 5 nitrogen and oxygen atoms in total. The Bertz CT molecular complexity index is 516. The zero-order valence-corrected chi connectivity index (χ0v) is 10.7. The SMILES string of the molecule is Cc1ccc(Cl)cc1S(=O)(=O)NNC(N)=S. The van der Waals surface area contributed by atoms with Crippen molar-refractivity contribution in [3.8, 4) is 0 Å². The molecule has 1 rings (SSSR count). The molecule has 0 heterocycles. The minimum absolute atomic E-state index is 0.0729. The van der Waals surface area contributed by atoms with Gasteiger partial charge in [-0.2, -0.15) is 0 Å². The van der Waals surface area contributed by atoms with E-state index in [1.54, 1.807) is 19.1 Å². The largest absolute Gasteiger partial charge is 0.375 e. The lowest BCUT2D eigenvalue weighted by atomic mass is 10.2. The van der Waals surface area contributed by atoms with Gasteiger partial charge >= 0.3 is 0 Å². The molecular weight excluding hydrogens is 270 g/mol. The zero-order chi connectivity index (χ0) is 12.3. The van der Waals surface area contributed by atoms with Crippen LogP contribution in [0, 0.1) is 6.92 Å². The predicted molar refractivity (Wildman–Crippen MR) is 66.4 cm³/mol. The van der Waals surface area contributed by atoms with E-state index in [0.29, 0.717) is 10.6 Å². The van der Waals surface area contributed by atoms with Gasteiger partial charge in [0.2, 0.25) is 0 Å². The number of aryl methyl sites for hydroxylation is 1. The minimum Gasteiger partial charge on any atom is -0.375 e. The molecule has 88 valence electrons. The predicted octanol–water partition coefficient (Wildman–Crippen LogP) is 0.675. The number of nitrogens with two attached hydrogens (primary N) is 1. The van der Waals surface area contributed by atoms with Gasteiger partial charge in [-0.05, 0) is 36.8 Å². The van der Waals surface area contributed by atoms with Gasteiger partial charge < -0.3 is 5.73 Å². The maximum Gasteiger partial charge on any atom is 0.257 e. The summed E-state index contributed by atoms with van der Waals surface area (Å²) < 4.78 is 23.5. The summed E-state index contributed by atoms with van der Waals surface area (Å²) in [5.41, 5.74) is 7.84. The van der Waals surface area contributed by atoms with Crippen LogP contribution < -0.4 is 16.0 Å². The van der Waals surface area contributed by atoms with E-state index >= 15 is 0 Å². The van der Waals surface area contributed by atoms with Crippen LogP contribution in [0.2, 0.25) is 5.02 Å². The van der Waals surface area contributed by atoms with Gasteiger partial charge in [-0.15, -0.1) is 4.83 Å². The molecule has 0 atom stereocenters. The maximum atomic E-state index is 11.8. The van der Waals surface area contributed by atoms with E-state index in [1.807, 2.05) is 4.83 Å². The first-order valence-corrected chi connectivity index (χ1v) is 6.43. The summed E-state index contributed by atoms with van der Waals surface area (Å²) in [6.45, 7) is 1.66. The summed E-state index contributed by atoms with van der Waals surface area (Å²) in [4.78, 5) is 2.11. The van der Waals surface area contributed by atoms with E-state index in [9.17, 15) is 8.42 Å². The second kappa shape index (κ2) is 4.96. The van der Waals surface area contributed by atoms with Crippen LogP contribution in [0.4, 0.5) is 0 Å². The van der Waals surface area contributed by atoms with Gasteiger partial charge in [-0.1, -0.05) is 17.7 Å². The summed E-state index contributed by atoms with van der Waals surface area (Å²) in [7, 11) is -3.72. The fraction of sp³-hybridized carbons (Fsp3) is 0.125. The smallest absolute Gasteiger partial charge is 0.257 e. The molecule has 16 heavy (non-hydrogen) atoms. The molecule has 0 bridgehead atoms. The Morgan fingerprint density at radius 2 is 2.12 bits per heavy atom. The average molecular weight is 280 g/mol. The Morgan fingerprint density at radius 1 is 1.50 bits per heavy atom. The van der Waals surface area contributed by atoms with Crippen molar-refractivity contribution in [2.75, 3.05) is 0 Å². The van der Waals surface area contributed by atoms with Gasteiger partial charge in [0.05, 0.1) is 4.90 Å². The third kappa shape index (κ3) is 3.31. The van der Waals surface area contributed by atoms with Crippen molar-refractivity contribution in [2.24, 2.45) is 5.73 Å². The Hall–Kier alpha value is -0.890. The van der Waals surface area contributed by atoms with Crippen LogP contribution in [0.1, 0.15) is 5.56 Å². The van der Waals surface area contributed by atoms with Gasteiger partial charge in [0.1, 0.15) is 0 Å². The van der Waals surface area contributed by atoms with E-state index in [4.69, 9.17) is 17.3 Å². The van der Waals surface area contributed by atoms with Crippen molar-refractivity contribution < 1.29 is 8.42 Å². The van der Waals surface area contributed by atoms with Gasteiger partial charge in [0.15, 0.2) is 5.11 Å². The monoisotopic (exact) mass is 279 g/mol. The molecule has 0 aliphatic heterocycles. The average Bonchev–Trinajstić information content (AvgIpc) is 2.19. The fourth-order valence-corrected chi connectivity index (χ4v) is 2.52. The molecule has 0 saturated carbocycles. The first-order valence-electron chi connectivity index (χ1n) is 4.16. The number of halogens is 1. The Balaban J connectivity index is 3.07. The van der Waals surface area contributed by atoms with Gasteiger partial charge in [0, 0.05) is 5.02 Å². The van der Waals surface area contributed by atoms with Crippen molar-refractivity contribution in [3.05, 3.63) is 28.8 Å². The van der Waals surface area contributed by atoms with Crippen molar-refractivity contribution in [1.29, 1.82) is 0 Å². The lowest BCUT2D eigenvalue weighted by molar-refractivity contribution is 0.577. The second-order valence-electron chi connectivity index (χ2n) is 3.00. The first kappa shape index (κ1) is 13.2. The molecule has 0 radical (unpaired) electrons. The lowest BCUT2D eigenvalue weighted by Crippen LogP contribution is -2.44. The highest BCUT2D eigenvalue weighted by molar-refractivity contribution is 7.89. The van der Waals surface area contributed by atoms with Crippen molar-refractivity contribution >= 4 is 39.0 Å². The highest BCUT2D eigenvalue weighted by atomic mass is 35.5. The van der Waals surface area contributed by atoms with E-state index in [-0.39, 0.29) is 10.0 Å². The number of nitrogens with one attached hydrogen (secondary N) is 2. The van der Waals surface area contributed by atoms with Crippen LogP contribution in [0.3, 0.4) is 0 Å². The molecule has 0 aromatic heterocycles. The molecule has 8 heteroatoms. The van der Waals surface area contributed by atoms with Gasteiger partial charge in [-0.25, -0.2) is 8.42 Å². The first-order chi connectivity index (χ1) is 7.33. The Morgan fingerprint density at radius 3 is 2.69 bits per heavy atom. The summed E-state index contributed by atoms with van der Waals surface area (Å²) in [6.07, 6.45) is 0. The summed E-state index contributed by atoms with van der Waals surface area (Å²) in [5.74, 6) is 0. The minimum atomic E-state index is -3.72. The van der Waals surface area contributed by atoms with Crippen LogP contribution >= 0.6 is 23.8 Å². The molecule has 0 unspecified atom stereocenters. The molecule has 0 aliphatic carbocycles. The van der Waals surface area contributed by atoms with Crippen molar-refractivity contribution in [3.63, 3.8) is 0 Å². The highest BCUT2D eigenvalue weighted by Gasteiger charge is 2.16. The molecule has 0 aliphatic rings. The molecule has 0 fully saturated rings. The summed E-state index contributed by atoms with van der Waals surface area (Å²) >= 11 is 10.2. The molecule has 0 spiro atoms. The van der Waals surface area contributed by atoms with Gasteiger partial charge in [0.25, 0.3) is 10.0 Å². The summed E-state index contributed by atoms with van der Waals surface area (Å²) in [6, 6.07) is 4.56. The van der Waals surface area contributed by atoms with Crippen LogP contribution in [-0.2, 0) is 10.0 Å². The molecular formula is C8H10ClN3O2S2. The number of benzene rings is 1. The quantitative estimate of drug-likeness (QED) is 0.560. The molecule has 0 saturated heterocycles. The fourth-order valence-electron chi connectivity index (χ4n) is 1.04. The number of thiocarbonyl (C=S) groups is 1. The zero-order valence-electron chi connectivity index (χ0n) is 8.32. The van der Waals surface area contributed by atoms with Crippen LogP contribution in [0.25, 0.3) is 0 Å². The molecule has 0 amide bonds. The van der Waals surface area contributed by atoms with E-state index in [2.05, 4.69) is 17.6 Å². The van der Waals surface area contributed by atoms with Crippen LogP contribution in [0.15, 0.2) is 23.1 Å². The Kier molecular flexibility index (Phi) is 4.09. The van der Waals surface area contributed by atoms with E-state index in [0.717, 1.165) is 0 Å². The van der Waals surface area contributed by atoms with Crippen LogP contribution in [0.5, 0.6) is 0 Å². The molecule has 1 aromatic rings. The Labute approximate surface area is 104 Å². The number of sulfonamides is 1. The van der Waals surface area contributed by atoms with Crippen molar-refractivity contribution in [2.45, 2.75) is 11.8 Å². The lowest BCUT2D eigenvalue weighted by Gasteiger charge is -2.10. The third-order valence-electron chi connectivity index (χ3n) is 1.75. The third-order valence-corrected chi connectivity index (χ3v) is 3.48. The van der Waals surface area contributed by atoms with Crippen molar-refractivity contribution in [1.82, 2.24) is 10.3 Å². The van der Waals surface area contributed by atoms with E-state index < -0.39 is 10.0 Å². The highest BCUT2D eigenvalue weighted by Crippen LogP contribution is 2.19. The standard InChI is InChI=1S/C8H10ClN3O2S2/c1-5-2-3-6(9)4-7(5)16(13,14)12-11-8(10)15/h2-4,12H,1H3,(H3,10,11,15). The topological polar surface area (TPSA) is 84.2 Å². The number of hydrogen-bond acceptors (Lipinski definition) is 3. The number of hydrazine groups is 1. The second-order valence-corrected chi connectivity index (χ2v) is 5.53. The van der Waals surface area contributed by atoms with Crippen LogP contribution in [-0.4, -0.2) is 13.5 Å². The number of rotatable bonds is 3. The number of hydrogen-bond donors (Lipinski definition) is 3. The molecule has 1 aromatic carbocycles. The maximum absolute atomic E-state index is 11.8. The van der Waals surface area contributed by atoms with Gasteiger partial charge in [-0.3, -0.25) is 5.43 Å².